The molecule has 5 aromatic rings. The maximum atomic E-state index is 17.2. The summed E-state index contributed by atoms with van der Waals surface area (Å²) in [6.45, 7) is 11.0. The number of hydrogen-bond donors (Lipinski definition) is 3. The van der Waals surface area contributed by atoms with E-state index in [0.29, 0.717) is 91.6 Å². The van der Waals surface area contributed by atoms with E-state index in [9.17, 15) is 24.6 Å². The Kier molecular flexibility index (Phi) is 12.5. The van der Waals surface area contributed by atoms with Gasteiger partial charge in [0.2, 0.25) is 11.8 Å². The first-order valence-corrected chi connectivity index (χ1v) is 26.6. The molecule has 4 saturated heterocycles. The van der Waals surface area contributed by atoms with E-state index >= 15 is 13.2 Å². The van der Waals surface area contributed by atoms with Gasteiger partial charge in [-0.3, -0.25) is 29.6 Å². The van der Waals surface area contributed by atoms with Crippen molar-refractivity contribution in [2.45, 2.75) is 95.5 Å². The number of aliphatic hydroxyl groups is 1. The summed E-state index contributed by atoms with van der Waals surface area (Å²) < 4.78 is 61.1. The number of nitrogens with one attached hydrogen (secondary N) is 1. The number of alkyl halides is 1. The molecule has 19 heteroatoms. The summed E-state index contributed by atoms with van der Waals surface area (Å²) in [6, 6.07) is 11.0. The van der Waals surface area contributed by atoms with E-state index < -0.39 is 34.9 Å². The third kappa shape index (κ3) is 9.51. The van der Waals surface area contributed by atoms with Gasteiger partial charge in [0.25, 0.3) is 5.91 Å². The SMILES string of the molecule is CCc1c(F)ccc2cc(O)cc(-c3ncc4c(N5CCOC[C@@](C)(O)C5)nc(OCC5(CN6CCC7(CC6)CC(F)(CN6CCN(c8ccc9c(c8)CN([C@H]8CCC(=O)NC8=O)C9=O)CC6)C7)CC5)nc4c3F)c12. The van der Waals surface area contributed by atoms with E-state index in [1.54, 1.807) is 17.9 Å². The van der Waals surface area contributed by atoms with Crippen molar-refractivity contribution in [2.24, 2.45) is 10.8 Å². The summed E-state index contributed by atoms with van der Waals surface area (Å²) in [5.74, 6) is -1.90. The Balaban J connectivity index is 0.673. The minimum Gasteiger partial charge on any atom is -0.508 e. The van der Waals surface area contributed by atoms with Crippen molar-refractivity contribution in [3.8, 4) is 23.0 Å². The second-order valence-corrected chi connectivity index (χ2v) is 23.0. The maximum absolute atomic E-state index is 17.2. The smallest absolute Gasteiger partial charge is 0.319 e. The zero-order valence-corrected chi connectivity index (χ0v) is 42.6. The highest BCUT2D eigenvalue weighted by Gasteiger charge is 2.57. The number of β-amino-alcohol motifs (C(OH)–C–C–N with tert-alkyl or cyclic N) is 1. The van der Waals surface area contributed by atoms with Crippen LogP contribution in [0, 0.1) is 22.5 Å². The van der Waals surface area contributed by atoms with Gasteiger partial charge in [-0.25, -0.2) is 13.2 Å². The van der Waals surface area contributed by atoms with Crippen LogP contribution >= 0.6 is 0 Å². The minimum absolute atomic E-state index is 0.00294. The van der Waals surface area contributed by atoms with Crippen molar-refractivity contribution in [1.82, 2.24) is 35.0 Å². The van der Waals surface area contributed by atoms with Gasteiger partial charge in [-0.1, -0.05) is 13.0 Å². The van der Waals surface area contributed by atoms with Crippen LogP contribution < -0.4 is 19.9 Å². The van der Waals surface area contributed by atoms with Crippen molar-refractivity contribution < 1.29 is 47.2 Å². The number of benzene rings is 3. The fourth-order valence-corrected chi connectivity index (χ4v) is 13.2. The summed E-state index contributed by atoms with van der Waals surface area (Å²) in [7, 11) is 0. The topological polar surface area (TPSA) is 177 Å². The van der Waals surface area contributed by atoms with E-state index in [1.807, 2.05) is 30.0 Å². The molecule has 2 aliphatic carbocycles. The van der Waals surface area contributed by atoms with Gasteiger partial charge >= 0.3 is 6.01 Å². The number of ether oxygens (including phenoxy) is 2. The number of carbonyl (C=O) groups excluding carboxylic acids is 3. The lowest BCUT2D eigenvalue weighted by atomic mass is 9.55. The number of aromatic nitrogens is 3. The minimum atomic E-state index is -1.22. The molecule has 75 heavy (non-hydrogen) atoms. The highest BCUT2D eigenvalue weighted by molar-refractivity contribution is 6.06. The van der Waals surface area contributed by atoms with Crippen LogP contribution in [0.25, 0.3) is 32.9 Å². The van der Waals surface area contributed by atoms with Gasteiger partial charge in [0.1, 0.15) is 45.9 Å². The van der Waals surface area contributed by atoms with Gasteiger partial charge in [-0.05, 0) is 135 Å². The zero-order valence-electron chi connectivity index (χ0n) is 42.6. The number of hydrogen-bond acceptors (Lipinski definition) is 14. The Morgan fingerprint density at radius 2 is 1.67 bits per heavy atom. The third-order valence-corrected chi connectivity index (χ3v) is 17.2. The molecule has 7 heterocycles. The average molecular weight is 1030 g/mol. The lowest BCUT2D eigenvalue weighted by Crippen LogP contribution is -2.60. The number of piperazine rings is 1. The van der Waals surface area contributed by atoms with Crippen LogP contribution in [0.5, 0.6) is 11.8 Å². The molecule has 3 aromatic carbocycles. The molecule has 12 rings (SSSR count). The molecule has 7 aliphatic rings. The number of phenols is 1. The van der Waals surface area contributed by atoms with Crippen LogP contribution in [0.15, 0.2) is 48.7 Å². The largest absolute Gasteiger partial charge is 0.508 e. The maximum Gasteiger partial charge on any atom is 0.319 e. The number of likely N-dealkylation sites (tertiary alicyclic amines) is 1. The Hall–Kier alpha value is -6.15. The normalized spacial score (nSPS) is 24.6. The summed E-state index contributed by atoms with van der Waals surface area (Å²) >= 11 is 0. The fourth-order valence-electron chi connectivity index (χ4n) is 13.2. The monoisotopic (exact) mass is 1030 g/mol. The van der Waals surface area contributed by atoms with Crippen LogP contribution in [0.1, 0.15) is 86.7 Å². The van der Waals surface area contributed by atoms with Crippen LogP contribution in [0.4, 0.5) is 24.7 Å². The molecule has 0 radical (unpaired) electrons. The molecular weight excluding hydrogens is 968 g/mol. The Morgan fingerprint density at radius 1 is 0.893 bits per heavy atom. The molecule has 16 nitrogen and oxygen atoms in total. The molecule has 6 fully saturated rings. The molecule has 3 amide bonds. The summed E-state index contributed by atoms with van der Waals surface area (Å²) in [5.41, 5.74) is 0.350. The van der Waals surface area contributed by atoms with Gasteiger partial charge in [0.05, 0.1) is 31.8 Å². The molecule has 2 saturated carbocycles. The van der Waals surface area contributed by atoms with E-state index in [2.05, 4.69) is 30.0 Å². The Morgan fingerprint density at radius 3 is 2.41 bits per heavy atom. The van der Waals surface area contributed by atoms with Crippen LogP contribution in [-0.4, -0.2) is 160 Å². The van der Waals surface area contributed by atoms with Crippen molar-refractivity contribution in [3.63, 3.8) is 0 Å². The molecule has 396 valence electrons. The number of phenolic OH excluding ortho intramolecular Hbond substituents is 1. The van der Waals surface area contributed by atoms with Crippen LogP contribution in [0.3, 0.4) is 0 Å². The predicted octanol–water partition coefficient (Wildman–Crippen LogP) is 6.31. The van der Waals surface area contributed by atoms with Crippen molar-refractivity contribution in [2.75, 3.05) is 95.1 Å². The summed E-state index contributed by atoms with van der Waals surface area (Å²) in [5, 5.41) is 25.6. The lowest BCUT2D eigenvalue weighted by molar-refractivity contribution is -0.136. The number of amides is 3. The van der Waals surface area contributed by atoms with Gasteiger partial charge in [-0.15, -0.1) is 0 Å². The highest BCUT2D eigenvalue weighted by Crippen LogP contribution is 2.58. The number of pyridine rings is 1. The molecule has 5 aliphatic heterocycles. The third-order valence-electron chi connectivity index (χ3n) is 17.2. The zero-order chi connectivity index (χ0) is 52.0. The molecule has 0 unspecified atom stereocenters. The molecule has 0 bridgehead atoms. The predicted molar refractivity (Wildman–Crippen MR) is 274 cm³/mol. The van der Waals surface area contributed by atoms with Crippen LogP contribution in [-0.2, 0) is 27.3 Å². The molecular formula is C56H64F3N9O7. The summed E-state index contributed by atoms with van der Waals surface area (Å²) in [6.07, 6.45) is 7.25. The number of imide groups is 1. The van der Waals surface area contributed by atoms with Crippen molar-refractivity contribution >= 4 is 50.9 Å². The average Bonchev–Trinajstić information content (AvgIpc) is 4.12. The number of fused-ring (bicyclic) bond motifs is 3. The van der Waals surface area contributed by atoms with Crippen LogP contribution in [0.2, 0.25) is 0 Å². The first-order valence-electron chi connectivity index (χ1n) is 26.6. The number of halogens is 3. The van der Waals surface area contributed by atoms with Crippen molar-refractivity contribution in [3.05, 3.63) is 77.0 Å². The van der Waals surface area contributed by atoms with E-state index in [0.717, 1.165) is 82.7 Å². The van der Waals surface area contributed by atoms with Gasteiger partial charge in [-0.2, -0.15) is 9.97 Å². The standard InChI is InChI=1S/C56H64F3N9O7/c1-3-38-42(57)7-4-34-23-37(69)24-40(45(34)38)47-46(58)48-41(25-60-47)49(67-20-21-74-32-53(2,73)29-67)63-52(62-48)75-33-55(10-11-55)30-64-14-12-54(13-15-64)27-56(59,28-54)31-65-16-18-66(19-17-65)36-5-6-39-35(22-36)26-68(51(39)72)43-8-9-44(70)61-50(43)71/h4-7,22-25,43,69,73H,3,8-21,26-33H2,1-2H3,(H,61,70,71)/t43-,53-/m0/s1. The highest BCUT2D eigenvalue weighted by atomic mass is 19.1. The number of aryl methyl sites for hydroxylation is 1. The first kappa shape index (κ1) is 49.7. The number of piperidine rings is 2. The summed E-state index contributed by atoms with van der Waals surface area (Å²) in [4.78, 5) is 61.9. The van der Waals surface area contributed by atoms with Gasteiger partial charge in [0, 0.05) is 87.2 Å². The van der Waals surface area contributed by atoms with E-state index in [4.69, 9.17) is 14.5 Å². The van der Waals surface area contributed by atoms with E-state index in [-0.39, 0.29) is 70.8 Å². The molecule has 2 aromatic heterocycles. The van der Waals surface area contributed by atoms with Gasteiger partial charge < -0.3 is 39.3 Å². The van der Waals surface area contributed by atoms with Crippen molar-refractivity contribution in [1.29, 1.82) is 0 Å². The number of nitrogens with zero attached hydrogens (tertiary/aromatic N) is 8. The molecule has 3 N–H and O–H groups in total. The number of aromatic hydroxyl groups is 1. The second-order valence-electron chi connectivity index (χ2n) is 23.0. The second kappa shape index (κ2) is 18.8. The van der Waals surface area contributed by atoms with Gasteiger partial charge in [0.15, 0.2) is 5.82 Å². The fraction of sp³-hybridized carbons (Fsp3) is 0.536. The number of anilines is 2. The molecule has 2 atom stereocenters. The first-order chi connectivity index (χ1) is 36.0. The quantitative estimate of drug-likeness (QED) is 0.119. The Bertz CT molecular complexity index is 3110. The molecule has 1 spiro atoms. The number of carbonyl (C=O) groups is 3. The van der Waals surface area contributed by atoms with E-state index in [1.165, 1.54) is 24.4 Å². The Labute approximate surface area is 433 Å². The number of rotatable bonds is 12. The lowest BCUT2D eigenvalue weighted by Gasteiger charge is -2.57.